The number of ether oxygens (including phenoxy) is 3. The van der Waals surface area contributed by atoms with Gasteiger partial charge in [-0.1, -0.05) is 0 Å². The van der Waals surface area contributed by atoms with Crippen molar-refractivity contribution in [3.05, 3.63) is 58.2 Å². The van der Waals surface area contributed by atoms with Gasteiger partial charge in [-0.15, -0.1) is 0 Å². The van der Waals surface area contributed by atoms with Crippen molar-refractivity contribution in [2.75, 3.05) is 21.3 Å². The summed E-state index contributed by atoms with van der Waals surface area (Å²) in [4.78, 5) is 28.7. The maximum absolute atomic E-state index is 13.0. The fraction of sp³-hybridized carbons (Fsp3) is 0.150. The third kappa shape index (κ3) is 4.57. The van der Waals surface area contributed by atoms with Crippen LogP contribution in [0.25, 0.3) is 6.08 Å². The van der Waals surface area contributed by atoms with E-state index >= 15 is 0 Å². The molecule has 29 heavy (non-hydrogen) atoms. The van der Waals surface area contributed by atoms with E-state index < -0.39 is 17.6 Å². The minimum Gasteiger partial charge on any atom is -0.493 e. The molecule has 0 atom stereocenters. The molecule has 0 spiro atoms. The van der Waals surface area contributed by atoms with Crippen LogP contribution in [0.15, 0.2) is 46.3 Å². The smallest absolute Gasteiger partial charge is 0.279 e. The molecule has 1 N–H and O–H groups in total. The van der Waals surface area contributed by atoms with Crippen LogP contribution in [0, 0.1) is 5.82 Å². The Balaban J connectivity index is 1.85. The van der Waals surface area contributed by atoms with E-state index in [0.717, 1.165) is 11.8 Å². The third-order valence-electron chi connectivity index (χ3n) is 3.93. The summed E-state index contributed by atoms with van der Waals surface area (Å²) < 4.78 is 28.9. The Morgan fingerprint density at radius 1 is 1.07 bits per heavy atom. The number of thioether (sulfide) groups is 1. The van der Waals surface area contributed by atoms with E-state index in [9.17, 15) is 14.0 Å². The summed E-state index contributed by atoms with van der Waals surface area (Å²) in [5.74, 6) is -0.0950. The molecule has 0 aromatic heterocycles. The van der Waals surface area contributed by atoms with Crippen molar-refractivity contribution in [3.63, 3.8) is 0 Å². The second kappa shape index (κ2) is 8.78. The largest absolute Gasteiger partial charge is 0.493 e. The molecule has 0 aliphatic carbocycles. The monoisotopic (exact) mass is 416 g/mol. The first-order valence-electron chi connectivity index (χ1n) is 8.34. The minimum absolute atomic E-state index is 0.142. The quantitative estimate of drug-likeness (QED) is 0.753. The number of benzene rings is 2. The summed E-state index contributed by atoms with van der Waals surface area (Å²) >= 11 is 1.02. The lowest BCUT2D eigenvalue weighted by molar-refractivity contribution is -0.115. The van der Waals surface area contributed by atoms with E-state index in [1.165, 1.54) is 45.6 Å². The van der Waals surface area contributed by atoms with Gasteiger partial charge in [0.1, 0.15) is 5.82 Å². The van der Waals surface area contributed by atoms with Gasteiger partial charge in [-0.3, -0.25) is 9.59 Å². The molecule has 1 aliphatic heterocycles. The van der Waals surface area contributed by atoms with Crippen molar-refractivity contribution >= 4 is 34.8 Å². The van der Waals surface area contributed by atoms with Gasteiger partial charge < -0.3 is 19.5 Å². The molecule has 0 bridgehead atoms. The summed E-state index contributed by atoms with van der Waals surface area (Å²) in [6.07, 6.45) is 1.62. The highest BCUT2D eigenvalue weighted by Crippen LogP contribution is 2.39. The van der Waals surface area contributed by atoms with Crippen molar-refractivity contribution in [2.24, 2.45) is 4.99 Å². The van der Waals surface area contributed by atoms with E-state index in [4.69, 9.17) is 14.2 Å². The Bertz CT molecular complexity index is 993. The van der Waals surface area contributed by atoms with Gasteiger partial charge >= 0.3 is 0 Å². The van der Waals surface area contributed by atoms with Crippen molar-refractivity contribution in [1.82, 2.24) is 5.32 Å². The number of nitrogens with zero attached hydrogens (tertiary/aromatic N) is 1. The average molecular weight is 416 g/mol. The highest BCUT2D eigenvalue weighted by Gasteiger charge is 2.25. The van der Waals surface area contributed by atoms with Gasteiger partial charge in [0.2, 0.25) is 5.75 Å². The number of nitrogens with one attached hydrogen (secondary N) is 1. The first kappa shape index (κ1) is 20.4. The van der Waals surface area contributed by atoms with Crippen LogP contribution in [0.5, 0.6) is 17.2 Å². The fourth-order valence-electron chi connectivity index (χ4n) is 2.57. The van der Waals surface area contributed by atoms with Gasteiger partial charge in [0.25, 0.3) is 11.8 Å². The number of rotatable bonds is 5. The number of methoxy groups -OCH3 is 3. The highest BCUT2D eigenvalue weighted by molar-refractivity contribution is 8.18. The van der Waals surface area contributed by atoms with Gasteiger partial charge in [-0.25, -0.2) is 4.39 Å². The standard InChI is InChI=1S/C20H17FN2O5S/c1-26-14-8-11(9-15(27-2)17(14)28-3)10-16-19(25)23-20(29-16)22-18(24)12-4-6-13(21)7-5-12/h4-10H,1-3H3,(H,22,23,24,25). The van der Waals surface area contributed by atoms with Crippen LogP contribution in [0.2, 0.25) is 0 Å². The molecule has 0 unspecified atom stereocenters. The molecule has 3 rings (SSSR count). The van der Waals surface area contributed by atoms with Gasteiger partial charge in [-0.05, 0) is 59.8 Å². The van der Waals surface area contributed by atoms with Crippen molar-refractivity contribution in [2.45, 2.75) is 0 Å². The topological polar surface area (TPSA) is 86.2 Å². The molecular weight excluding hydrogens is 399 g/mol. The SMILES string of the molecule is COc1cc(C=C2SC(=NC(=O)c3ccc(F)cc3)NC2=O)cc(OC)c1OC. The molecular formula is C20H17FN2O5S. The van der Waals surface area contributed by atoms with E-state index in [2.05, 4.69) is 10.3 Å². The maximum Gasteiger partial charge on any atom is 0.279 e. The zero-order chi connectivity index (χ0) is 21.0. The Kier molecular flexibility index (Phi) is 6.18. The number of carbonyl (C=O) groups excluding carboxylic acids is 2. The second-order valence-corrected chi connectivity index (χ2v) is 6.78. The molecule has 7 nitrogen and oxygen atoms in total. The van der Waals surface area contributed by atoms with Crippen LogP contribution in [-0.4, -0.2) is 38.3 Å². The minimum atomic E-state index is -0.582. The Morgan fingerprint density at radius 2 is 1.69 bits per heavy atom. The van der Waals surface area contributed by atoms with Crippen LogP contribution in [0.1, 0.15) is 15.9 Å². The summed E-state index contributed by atoms with van der Waals surface area (Å²) in [7, 11) is 4.49. The normalized spacial score (nSPS) is 16.1. The van der Waals surface area contributed by atoms with Gasteiger partial charge in [0, 0.05) is 5.56 Å². The molecule has 1 aliphatic rings. The van der Waals surface area contributed by atoms with Crippen LogP contribution in [0.3, 0.4) is 0 Å². The summed E-state index contributed by atoms with van der Waals surface area (Å²) in [5, 5.41) is 2.68. The Morgan fingerprint density at radius 3 is 2.24 bits per heavy atom. The number of carbonyl (C=O) groups is 2. The van der Waals surface area contributed by atoms with E-state index in [1.54, 1.807) is 18.2 Å². The predicted molar refractivity (Wildman–Crippen MR) is 108 cm³/mol. The Hall–Kier alpha value is -3.33. The molecule has 150 valence electrons. The lowest BCUT2D eigenvalue weighted by atomic mass is 10.1. The van der Waals surface area contributed by atoms with Crippen molar-refractivity contribution < 1.29 is 28.2 Å². The number of hydrogen-bond acceptors (Lipinski definition) is 6. The first-order valence-corrected chi connectivity index (χ1v) is 9.16. The molecule has 2 amide bonds. The molecule has 2 aromatic carbocycles. The Labute approximate surface area is 170 Å². The van der Waals surface area contributed by atoms with Gasteiger partial charge in [0.15, 0.2) is 16.7 Å². The van der Waals surface area contributed by atoms with Crippen molar-refractivity contribution in [1.29, 1.82) is 0 Å². The number of amides is 2. The lowest BCUT2D eigenvalue weighted by Crippen LogP contribution is -2.20. The second-order valence-electron chi connectivity index (χ2n) is 5.75. The lowest BCUT2D eigenvalue weighted by Gasteiger charge is -2.12. The van der Waals surface area contributed by atoms with Gasteiger partial charge in [-0.2, -0.15) is 4.99 Å². The number of hydrogen-bond donors (Lipinski definition) is 1. The van der Waals surface area contributed by atoms with E-state index in [0.29, 0.717) is 27.7 Å². The van der Waals surface area contributed by atoms with E-state index in [1.807, 2.05) is 0 Å². The number of halogens is 1. The molecule has 0 radical (unpaired) electrons. The average Bonchev–Trinajstić information content (AvgIpc) is 3.06. The molecule has 0 saturated carbocycles. The number of amidine groups is 1. The summed E-state index contributed by atoms with van der Waals surface area (Å²) in [6, 6.07) is 8.39. The van der Waals surface area contributed by atoms with Crippen LogP contribution < -0.4 is 19.5 Å². The van der Waals surface area contributed by atoms with Crippen LogP contribution in [0.4, 0.5) is 4.39 Å². The zero-order valence-corrected chi connectivity index (χ0v) is 16.6. The summed E-state index contributed by atoms with van der Waals surface area (Å²) in [5.41, 5.74) is 0.860. The van der Waals surface area contributed by atoms with Crippen molar-refractivity contribution in [3.8, 4) is 17.2 Å². The zero-order valence-electron chi connectivity index (χ0n) is 15.8. The van der Waals surface area contributed by atoms with E-state index in [-0.39, 0.29) is 10.7 Å². The fourth-order valence-corrected chi connectivity index (χ4v) is 3.39. The molecule has 9 heteroatoms. The predicted octanol–water partition coefficient (Wildman–Crippen LogP) is 3.25. The number of aliphatic imine (C=N–C) groups is 1. The molecule has 1 heterocycles. The maximum atomic E-state index is 13.0. The molecule has 1 fully saturated rings. The highest BCUT2D eigenvalue weighted by atomic mass is 32.2. The molecule has 1 saturated heterocycles. The molecule has 2 aromatic rings. The summed E-state index contributed by atoms with van der Waals surface area (Å²) in [6.45, 7) is 0. The first-order chi connectivity index (χ1) is 13.9. The third-order valence-corrected chi connectivity index (χ3v) is 4.84. The van der Waals surface area contributed by atoms with Crippen LogP contribution >= 0.6 is 11.8 Å². The van der Waals surface area contributed by atoms with Crippen LogP contribution in [-0.2, 0) is 4.79 Å². The van der Waals surface area contributed by atoms with Gasteiger partial charge in [0.05, 0.1) is 26.2 Å².